The fourth-order valence-electron chi connectivity index (χ4n) is 4.87. The van der Waals surface area contributed by atoms with Crippen molar-refractivity contribution < 1.29 is 18.7 Å². The van der Waals surface area contributed by atoms with Gasteiger partial charge in [0.25, 0.3) is 0 Å². The third-order valence-corrected chi connectivity index (χ3v) is 6.32. The van der Waals surface area contributed by atoms with Crippen molar-refractivity contribution >= 4 is 11.9 Å². The van der Waals surface area contributed by atoms with Crippen molar-refractivity contribution in [1.82, 2.24) is 9.80 Å². The van der Waals surface area contributed by atoms with E-state index in [-0.39, 0.29) is 30.0 Å². The van der Waals surface area contributed by atoms with E-state index >= 15 is 0 Å². The molecule has 0 radical (unpaired) electrons. The molecule has 1 aromatic rings. The van der Waals surface area contributed by atoms with E-state index in [1.54, 1.807) is 6.07 Å². The van der Waals surface area contributed by atoms with Gasteiger partial charge in [-0.25, -0.2) is 4.39 Å². The van der Waals surface area contributed by atoms with Gasteiger partial charge in [-0.1, -0.05) is 18.2 Å². The van der Waals surface area contributed by atoms with Crippen LogP contribution in [0.3, 0.4) is 0 Å². The average Bonchev–Trinajstić information content (AvgIpc) is 3.17. The second kappa shape index (κ2) is 7.58. The zero-order valence-corrected chi connectivity index (χ0v) is 15.7. The Morgan fingerprint density at radius 3 is 2.67 bits per heavy atom. The third-order valence-electron chi connectivity index (χ3n) is 6.32. The van der Waals surface area contributed by atoms with Crippen LogP contribution in [0.4, 0.5) is 4.39 Å². The molecule has 0 unspecified atom stereocenters. The number of halogens is 1. The van der Waals surface area contributed by atoms with Crippen LogP contribution in [-0.4, -0.2) is 53.5 Å². The highest BCUT2D eigenvalue weighted by Gasteiger charge is 2.54. The van der Waals surface area contributed by atoms with Gasteiger partial charge in [-0.2, -0.15) is 0 Å². The second-order valence-electron chi connectivity index (χ2n) is 8.05. The summed E-state index contributed by atoms with van der Waals surface area (Å²) in [4.78, 5) is 29.2. The number of rotatable bonds is 3. The van der Waals surface area contributed by atoms with Crippen molar-refractivity contribution in [2.75, 3.05) is 26.2 Å². The van der Waals surface area contributed by atoms with Crippen LogP contribution < -0.4 is 0 Å². The molecular weight excluding hydrogens is 347 g/mol. The number of hydrogen-bond acceptors (Lipinski definition) is 4. The quantitative estimate of drug-likeness (QED) is 0.764. The number of esters is 1. The number of nitrogens with zero attached hydrogens (tertiary/aromatic N) is 2. The van der Waals surface area contributed by atoms with E-state index in [2.05, 4.69) is 4.90 Å². The van der Waals surface area contributed by atoms with Gasteiger partial charge in [0.05, 0.1) is 12.3 Å². The summed E-state index contributed by atoms with van der Waals surface area (Å²) >= 11 is 0. The van der Waals surface area contributed by atoms with Crippen molar-refractivity contribution in [3.8, 4) is 0 Å². The minimum atomic E-state index is -0.548. The van der Waals surface area contributed by atoms with Gasteiger partial charge in [0.2, 0.25) is 5.91 Å². The molecule has 1 saturated carbocycles. The lowest BCUT2D eigenvalue weighted by Crippen LogP contribution is -2.46. The average molecular weight is 374 g/mol. The molecule has 3 fully saturated rings. The molecule has 1 amide bonds. The zero-order chi connectivity index (χ0) is 18.9. The summed E-state index contributed by atoms with van der Waals surface area (Å²) in [6.07, 6.45) is 4.73. The summed E-state index contributed by atoms with van der Waals surface area (Å²) in [6.45, 7) is 3.42. The molecule has 3 aliphatic rings. The van der Waals surface area contributed by atoms with Gasteiger partial charge in [-0.3, -0.25) is 14.5 Å². The maximum absolute atomic E-state index is 13.9. The Bertz CT molecular complexity index is 717. The minimum absolute atomic E-state index is 0.0653. The maximum Gasteiger partial charge on any atom is 0.307 e. The van der Waals surface area contributed by atoms with E-state index in [1.807, 2.05) is 17.0 Å². The number of amides is 1. The van der Waals surface area contributed by atoms with Crippen LogP contribution in [0.25, 0.3) is 0 Å². The largest absolute Gasteiger partial charge is 0.458 e. The molecule has 0 N–H and O–H groups in total. The molecule has 0 bridgehead atoms. The lowest BCUT2D eigenvalue weighted by molar-refractivity contribution is -0.151. The van der Waals surface area contributed by atoms with Gasteiger partial charge in [-0.05, 0) is 38.2 Å². The number of carbonyl (C=O) groups excluding carboxylic acids is 2. The van der Waals surface area contributed by atoms with Gasteiger partial charge < -0.3 is 9.64 Å². The molecule has 1 atom stereocenters. The van der Waals surface area contributed by atoms with Crippen LogP contribution in [0.5, 0.6) is 0 Å². The van der Waals surface area contributed by atoms with Crippen LogP contribution in [0.1, 0.15) is 44.1 Å². The first-order valence-corrected chi connectivity index (χ1v) is 10.0. The van der Waals surface area contributed by atoms with Crippen molar-refractivity contribution in [3.63, 3.8) is 0 Å². The van der Waals surface area contributed by atoms with Crippen molar-refractivity contribution in [3.05, 3.63) is 35.6 Å². The Kier molecular flexibility index (Phi) is 5.17. The fraction of sp³-hybridized carbons (Fsp3) is 0.619. The van der Waals surface area contributed by atoms with Crippen molar-refractivity contribution in [2.24, 2.45) is 5.92 Å². The normalized spacial score (nSPS) is 25.6. The molecule has 0 aromatic heterocycles. The maximum atomic E-state index is 13.9. The third kappa shape index (κ3) is 3.72. The molecule has 27 heavy (non-hydrogen) atoms. The van der Waals surface area contributed by atoms with Crippen molar-refractivity contribution in [2.45, 2.75) is 50.7 Å². The second-order valence-corrected chi connectivity index (χ2v) is 8.05. The molecular formula is C21H27FN2O3. The molecule has 6 heteroatoms. The predicted octanol–water partition coefficient (Wildman–Crippen LogP) is 2.74. The number of ether oxygens (including phenoxy) is 1. The summed E-state index contributed by atoms with van der Waals surface area (Å²) in [7, 11) is 0. The summed E-state index contributed by atoms with van der Waals surface area (Å²) in [5, 5.41) is 0. The summed E-state index contributed by atoms with van der Waals surface area (Å²) in [5.41, 5.74) is 0.143. The molecule has 146 valence electrons. The SMILES string of the molecule is O=C1C[C@@H](C(=O)N2CCCN(Cc3ccccc3F)CC2)C2(CCCC2)O1. The number of benzene rings is 1. The molecule has 4 rings (SSSR count). The Labute approximate surface area is 159 Å². The van der Waals surface area contributed by atoms with Gasteiger partial charge in [0, 0.05) is 38.3 Å². The smallest absolute Gasteiger partial charge is 0.307 e. The first kappa shape index (κ1) is 18.4. The van der Waals surface area contributed by atoms with E-state index in [4.69, 9.17) is 4.74 Å². The molecule has 2 aliphatic heterocycles. The molecule has 1 spiro atoms. The van der Waals surface area contributed by atoms with Crippen LogP contribution in [-0.2, 0) is 20.9 Å². The van der Waals surface area contributed by atoms with Gasteiger partial charge in [0.1, 0.15) is 11.4 Å². The predicted molar refractivity (Wildman–Crippen MR) is 98.3 cm³/mol. The number of hydrogen-bond donors (Lipinski definition) is 0. The molecule has 2 saturated heterocycles. The molecule has 1 aromatic carbocycles. The van der Waals surface area contributed by atoms with Crippen molar-refractivity contribution in [1.29, 1.82) is 0 Å². The number of carbonyl (C=O) groups is 2. The highest BCUT2D eigenvalue weighted by Crippen LogP contribution is 2.46. The van der Waals surface area contributed by atoms with E-state index in [0.717, 1.165) is 38.6 Å². The van der Waals surface area contributed by atoms with E-state index in [9.17, 15) is 14.0 Å². The topological polar surface area (TPSA) is 49.9 Å². The molecule has 5 nitrogen and oxygen atoms in total. The van der Waals surface area contributed by atoms with Crippen LogP contribution in [0.2, 0.25) is 0 Å². The Hall–Kier alpha value is -1.95. The van der Waals surface area contributed by atoms with Gasteiger partial charge in [0.15, 0.2) is 0 Å². The molecule has 2 heterocycles. The van der Waals surface area contributed by atoms with E-state index < -0.39 is 5.60 Å². The fourth-order valence-corrected chi connectivity index (χ4v) is 4.87. The first-order chi connectivity index (χ1) is 13.1. The summed E-state index contributed by atoms with van der Waals surface area (Å²) < 4.78 is 19.6. The van der Waals surface area contributed by atoms with E-state index in [0.29, 0.717) is 31.7 Å². The van der Waals surface area contributed by atoms with Crippen LogP contribution in [0.15, 0.2) is 24.3 Å². The lowest BCUT2D eigenvalue weighted by atomic mass is 9.84. The highest BCUT2D eigenvalue weighted by atomic mass is 19.1. The highest BCUT2D eigenvalue weighted by molar-refractivity contribution is 5.88. The van der Waals surface area contributed by atoms with Crippen LogP contribution in [0, 0.1) is 11.7 Å². The molecule has 1 aliphatic carbocycles. The first-order valence-electron chi connectivity index (χ1n) is 10.0. The standard InChI is InChI=1S/C21H27FN2O3/c22-18-7-2-1-6-16(18)15-23-10-5-11-24(13-12-23)20(26)17-14-19(25)27-21(17)8-3-4-9-21/h1-2,6-7,17H,3-5,8-15H2/t17-/m0/s1. The minimum Gasteiger partial charge on any atom is -0.458 e. The lowest BCUT2D eigenvalue weighted by Gasteiger charge is -2.32. The Balaban J connectivity index is 1.40. The van der Waals surface area contributed by atoms with Gasteiger partial charge >= 0.3 is 5.97 Å². The van der Waals surface area contributed by atoms with Gasteiger partial charge in [-0.15, -0.1) is 0 Å². The van der Waals surface area contributed by atoms with E-state index in [1.165, 1.54) is 6.07 Å². The van der Waals surface area contributed by atoms with Crippen LogP contribution >= 0.6 is 0 Å². The monoisotopic (exact) mass is 374 g/mol. The Morgan fingerprint density at radius 1 is 1.11 bits per heavy atom. The summed E-state index contributed by atoms with van der Waals surface area (Å²) in [6, 6.07) is 6.85. The summed E-state index contributed by atoms with van der Waals surface area (Å²) in [5.74, 6) is -0.674. The Morgan fingerprint density at radius 2 is 1.89 bits per heavy atom. The zero-order valence-electron chi connectivity index (χ0n) is 15.7.